The van der Waals surface area contributed by atoms with Crippen LogP contribution in [0.4, 0.5) is 0 Å². The van der Waals surface area contributed by atoms with E-state index in [-0.39, 0.29) is 97.4 Å². The van der Waals surface area contributed by atoms with E-state index in [4.69, 9.17) is 0 Å². The van der Waals surface area contributed by atoms with E-state index in [2.05, 4.69) is 0 Å². The van der Waals surface area contributed by atoms with Gasteiger partial charge in [-0.2, -0.15) is 0 Å². The molecule has 0 heterocycles. The summed E-state index contributed by atoms with van der Waals surface area (Å²) in [7, 11) is 0. The van der Waals surface area contributed by atoms with Crippen LogP contribution in [0.2, 0.25) is 0 Å². The first-order valence-corrected chi connectivity index (χ1v) is 0. The summed E-state index contributed by atoms with van der Waals surface area (Å²) in [5.41, 5.74) is 0. The minimum atomic E-state index is 0. The maximum atomic E-state index is 0. The SMILES string of the molecule is O.[KH].[LiH].[Ti]. The molecule has 0 bridgehead atoms. The normalized spacial score (nSPS) is 0. The van der Waals surface area contributed by atoms with Crippen molar-refractivity contribution in [2.75, 3.05) is 0 Å². The molecule has 0 aromatic heterocycles. The van der Waals surface area contributed by atoms with Crippen molar-refractivity contribution in [1.29, 1.82) is 0 Å². The van der Waals surface area contributed by atoms with E-state index in [1.54, 1.807) is 0 Å². The van der Waals surface area contributed by atoms with Gasteiger partial charge in [0.25, 0.3) is 0 Å². The molecule has 0 saturated carbocycles. The third-order valence-corrected chi connectivity index (χ3v) is 0. The molecule has 0 spiro atoms. The smallest absolute Gasteiger partial charge is 0 e. The predicted octanol–water partition coefficient (Wildman–Crippen LogP) is -2.12. The van der Waals surface area contributed by atoms with Crippen molar-refractivity contribution >= 4 is 70.2 Å². The summed E-state index contributed by atoms with van der Waals surface area (Å²) in [6.45, 7) is 0. The summed E-state index contributed by atoms with van der Waals surface area (Å²) in [6.07, 6.45) is 0. The van der Waals surface area contributed by atoms with Gasteiger partial charge in [0.05, 0.1) is 0 Å². The molecule has 4 heavy (non-hydrogen) atoms. The molecule has 0 aromatic carbocycles. The average molecular weight is 114 g/mol. The maximum absolute atomic E-state index is 0. The Morgan fingerprint density at radius 3 is 1.00 bits per heavy atom. The van der Waals surface area contributed by atoms with Gasteiger partial charge in [-0.05, 0) is 0 Å². The zero-order valence-corrected chi connectivity index (χ0v) is 2.56. The fourth-order valence-electron chi connectivity index (χ4n) is 0. The Kier molecular flexibility index (Phi) is 120. The van der Waals surface area contributed by atoms with Crippen molar-refractivity contribution in [3.63, 3.8) is 0 Å². The summed E-state index contributed by atoms with van der Waals surface area (Å²) < 4.78 is 0. The number of rotatable bonds is 0. The molecule has 1 nitrogen and oxygen atoms in total. The van der Waals surface area contributed by atoms with Crippen molar-refractivity contribution in [3.8, 4) is 0 Å². The van der Waals surface area contributed by atoms with Gasteiger partial charge in [0.2, 0.25) is 0 Å². The van der Waals surface area contributed by atoms with Crippen molar-refractivity contribution in [2.45, 2.75) is 0 Å². The first-order chi connectivity index (χ1) is 0. The molecule has 0 aliphatic carbocycles. The zero-order valence-electron chi connectivity index (χ0n) is 1.00. The predicted molar refractivity (Wildman–Crippen MR) is 17.9 cm³/mol. The van der Waals surface area contributed by atoms with Crippen LogP contribution < -0.4 is 0 Å². The summed E-state index contributed by atoms with van der Waals surface area (Å²) in [4.78, 5) is 0. The fraction of sp³-hybridized carbons (Fsp3) is 0. The maximum Gasteiger partial charge on any atom is 0 e. The Bertz CT molecular complexity index is 8.00. The van der Waals surface area contributed by atoms with E-state index in [9.17, 15) is 0 Å². The van der Waals surface area contributed by atoms with Crippen LogP contribution >= 0.6 is 0 Å². The molecule has 0 rings (SSSR count). The van der Waals surface area contributed by atoms with Crippen LogP contribution in [0.5, 0.6) is 0 Å². The van der Waals surface area contributed by atoms with Gasteiger partial charge in [-0.1, -0.05) is 0 Å². The molecule has 16 valence electrons. The van der Waals surface area contributed by atoms with Crippen LogP contribution in [0, 0.1) is 0 Å². The number of hydrogen-bond donors (Lipinski definition) is 0. The molecule has 0 saturated heterocycles. The van der Waals surface area contributed by atoms with Gasteiger partial charge >= 0.3 is 70.2 Å². The third-order valence-electron chi connectivity index (χ3n) is 0. The van der Waals surface area contributed by atoms with Gasteiger partial charge in [-0.25, -0.2) is 0 Å². The third kappa shape index (κ3) is 8.86. The van der Waals surface area contributed by atoms with Crippen LogP contribution in [0.15, 0.2) is 0 Å². The first kappa shape index (κ1) is 28.5. The Morgan fingerprint density at radius 1 is 1.00 bits per heavy atom. The Labute approximate surface area is 95.1 Å². The van der Waals surface area contributed by atoms with E-state index in [1.165, 1.54) is 0 Å². The summed E-state index contributed by atoms with van der Waals surface area (Å²) in [5.74, 6) is 0. The van der Waals surface area contributed by atoms with Crippen LogP contribution in [0.1, 0.15) is 0 Å². The largest absolute Gasteiger partial charge is 0 e. The van der Waals surface area contributed by atoms with Gasteiger partial charge < -0.3 is 5.48 Å². The van der Waals surface area contributed by atoms with Gasteiger partial charge in [0, 0.05) is 21.7 Å². The standard InChI is InChI=1S/K.Li.H2O.Ti.2H/h;;1H2;;;. The zero-order chi connectivity index (χ0) is 0. The van der Waals surface area contributed by atoms with Crippen molar-refractivity contribution < 1.29 is 27.2 Å². The van der Waals surface area contributed by atoms with Crippen molar-refractivity contribution in [1.82, 2.24) is 0 Å². The Hall–Kier alpha value is 2.91. The van der Waals surface area contributed by atoms with Crippen molar-refractivity contribution in [3.05, 3.63) is 0 Å². The summed E-state index contributed by atoms with van der Waals surface area (Å²) in [6, 6.07) is 0. The summed E-state index contributed by atoms with van der Waals surface area (Å²) >= 11 is 0. The summed E-state index contributed by atoms with van der Waals surface area (Å²) in [5, 5.41) is 0. The van der Waals surface area contributed by atoms with Crippen LogP contribution in [-0.4, -0.2) is 75.7 Å². The fourth-order valence-corrected chi connectivity index (χ4v) is 0. The second-order valence-corrected chi connectivity index (χ2v) is 0. The molecule has 0 fully saturated rings. The van der Waals surface area contributed by atoms with Crippen molar-refractivity contribution in [2.24, 2.45) is 0 Å². The van der Waals surface area contributed by atoms with Gasteiger partial charge in [-0.3, -0.25) is 0 Å². The molecule has 0 radical (unpaired) electrons. The monoisotopic (exact) mass is 114 g/mol. The van der Waals surface area contributed by atoms with E-state index < -0.39 is 0 Å². The van der Waals surface area contributed by atoms with Crippen LogP contribution in [-0.2, 0) is 21.7 Å². The van der Waals surface area contributed by atoms with Gasteiger partial charge in [0.15, 0.2) is 0 Å². The second-order valence-electron chi connectivity index (χ2n) is 0. The topological polar surface area (TPSA) is 31.5 Å². The molecular formula is H4KLiOTi. The van der Waals surface area contributed by atoms with E-state index >= 15 is 0 Å². The van der Waals surface area contributed by atoms with E-state index in [0.717, 1.165) is 0 Å². The molecule has 0 unspecified atom stereocenters. The average Bonchev–Trinajstić information content (AvgIpc) is 0. The molecule has 0 aliphatic heterocycles. The molecule has 0 amide bonds. The molecule has 0 atom stereocenters. The molecule has 2 N–H and O–H groups in total. The molecule has 0 aliphatic rings. The number of hydrogen-bond acceptors (Lipinski definition) is 0. The van der Waals surface area contributed by atoms with Crippen LogP contribution in [0.25, 0.3) is 0 Å². The Morgan fingerprint density at radius 2 is 1.00 bits per heavy atom. The van der Waals surface area contributed by atoms with E-state index in [0.29, 0.717) is 0 Å². The van der Waals surface area contributed by atoms with Gasteiger partial charge in [-0.15, -0.1) is 0 Å². The Balaban J connectivity index is 0. The minimum Gasteiger partial charge on any atom is 0 e. The van der Waals surface area contributed by atoms with Crippen LogP contribution in [0.3, 0.4) is 0 Å². The molecule has 4 heteroatoms. The second kappa shape index (κ2) is 16.8. The quantitative estimate of drug-likeness (QED) is 0.322. The minimum absolute atomic E-state index is 0. The molecular weight excluding hydrogens is 110 g/mol. The van der Waals surface area contributed by atoms with Gasteiger partial charge in [0.1, 0.15) is 0 Å². The molecule has 0 aromatic rings. The first-order valence-electron chi connectivity index (χ1n) is 0. The van der Waals surface area contributed by atoms with E-state index in [1.807, 2.05) is 0 Å².